The fourth-order valence-electron chi connectivity index (χ4n) is 2.66. The number of amides is 1. The van der Waals surface area contributed by atoms with Crippen LogP contribution in [0.1, 0.15) is 10.5 Å². The molecule has 2 atom stereocenters. The summed E-state index contributed by atoms with van der Waals surface area (Å²) in [5, 5.41) is 12.5. The van der Waals surface area contributed by atoms with E-state index in [1.165, 1.54) is 6.20 Å². The lowest BCUT2D eigenvalue weighted by atomic mass is 10.1. The van der Waals surface area contributed by atoms with E-state index in [9.17, 15) is 9.90 Å². The third kappa shape index (κ3) is 2.77. The molecule has 22 heavy (non-hydrogen) atoms. The summed E-state index contributed by atoms with van der Waals surface area (Å²) >= 11 is 0. The van der Waals surface area contributed by atoms with E-state index in [-0.39, 0.29) is 24.5 Å². The van der Waals surface area contributed by atoms with Crippen molar-refractivity contribution in [1.29, 1.82) is 0 Å². The molecule has 1 aliphatic heterocycles. The van der Waals surface area contributed by atoms with Crippen LogP contribution in [-0.2, 0) is 7.05 Å². The van der Waals surface area contributed by atoms with Crippen molar-refractivity contribution in [3.8, 4) is 0 Å². The molecule has 2 N–H and O–H groups in total. The summed E-state index contributed by atoms with van der Waals surface area (Å²) in [6.45, 7) is 1.18. The highest BCUT2D eigenvalue weighted by atomic mass is 16.3. The minimum absolute atomic E-state index is 0.000330. The zero-order valence-corrected chi connectivity index (χ0v) is 12.3. The van der Waals surface area contributed by atoms with Crippen LogP contribution in [0.25, 0.3) is 0 Å². The number of imidazole rings is 1. The predicted octanol–water partition coefficient (Wildman–Crippen LogP) is -0.563. The molecule has 8 heteroatoms. The average molecular weight is 302 g/mol. The molecular weight excluding hydrogens is 284 g/mol. The second kappa shape index (κ2) is 6.10. The molecule has 1 saturated heterocycles. The van der Waals surface area contributed by atoms with Gasteiger partial charge in [-0.1, -0.05) is 0 Å². The van der Waals surface area contributed by atoms with E-state index in [2.05, 4.69) is 20.3 Å². The van der Waals surface area contributed by atoms with E-state index in [0.29, 0.717) is 24.7 Å². The van der Waals surface area contributed by atoms with E-state index in [1.54, 1.807) is 36.4 Å². The number of aromatic nitrogens is 4. The number of hydrogen-bond donors (Lipinski definition) is 2. The third-order valence-corrected chi connectivity index (χ3v) is 3.88. The normalized spacial score (nSPS) is 21.1. The zero-order chi connectivity index (χ0) is 15.5. The van der Waals surface area contributed by atoms with Gasteiger partial charge in [0.1, 0.15) is 5.69 Å². The fourth-order valence-corrected chi connectivity index (χ4v) is 2.66. The molecule has 0 radical (unpaired) electrons. The monoisotopic (exact) mass is 302 g/mol. The number of aliphatic hydroxyl groups excluding tert-OH is 1. The summed E-state index contributed by atoms with van der Waals surface area (Å²) in [7, 11) is 1.77. The number of nitrogens with one attached hydrogen (secondary N) is 1. The van der Waals surface area contributed by atoms with E-state index < -0.39 is 0 Å². The minimum atomic E-state index is -0.195. The molecule has 0 bridgehead atoms. The van der Waals surface area contributed by atoms with Gasteiger partial charge in [0.05, 0.1) is 18.6 Å². The summed E-state index contributed by atoms with van der Waals surface area (Å²) in [6.07, 6.45) is 6.46. The van der Waals surface area contributed by atoms with Gasteiger partial charge in [-0.05, 0) is 6.07 Å². The summed E-state index contributed by atoms with van der Waals surface area (Å²) in [5.41, 5.74) is 0.492. The summed E-state index contributed by atoms with van der Waals surface area (Å²) < 4.78 is 1.66. The van der Waals surface area contributed by atoms with Gasteiger partial charge in [0, 0.05) is 45.1 Å². The molecule has 0 aromatic carbocycles. The molecule has 2 aromatic rings. The van der Waals surface area contributed by atoms with Gasteiger partial charge in [0.25, 0.3) is 5.91 Å². The molecule has 8 nitrogen and oxygen atoms in total. The maximum atomic E-state index is 12.3. The van der Waals surface area contributed by atoms with Gasteiger partial charge in [0.15, 0.2) is 0 Å². The second-order valence-electron chi connectivity index (χ2n) is 5.37. The maximum Gasteiger partial charge on any atom is 0.269 e. The summed E-state index contributed by atoms with van der Waals surface area (Å²) in [6, 6.07) is 1.60. The van der Waals surface area contributed by atoms with E-state index in [1.807, 2.05) is 4.90 Å². The molecule has 0 aliphatic carbocycles. The van der Waals surface area contributed by atoms with Crippen molar-refractivity contribution in [1.82, 2.24) is 24.8 Å². The van der Waals surface area contributed by atoms with Crippen LogP contribution in [0.3, 0.4) is 0 Å². The predicted molar refractivity (Wildman–Crippen MR) is 79.3 cm³/mol. The Bertz CT molecular complexity index is 644. The van der Waals surface area contributed by atoms with Gasteiger partial charge in [-0.25, -0.2) is 15.0 Å². The first-order valence-corrected chi connectivity index (χ1v) is 7.09. The van der Waals surface area contributed by atoms with Crippen LogP contribution >= 0.6 is 0 Å². The first-order valence-electron chi connectivity index (χ1n) is 7.09. The van der Waals surface area contributed by atoms with Crippen LogP contribution in [0.2, 0.25) is 0 Å². The van der Waals surface area contributed by atoms with Crippen molar-refractivity contribution in [3.05, 3.63) is 36.7 Å². The van der Waals surface area contributed by atoms with Crippen molar-refractivity contribution in [2.24, 2.45) is 13.0 Å². The van der Waals surface area contributed by atoms with E-state index in [0.717, 1.165) is 0 Å². The van der Waals surface area contributed by atoms with Crippen LogP contribution < -0.4 is 10.2 Å². The Balaban J connectivity index is 1.71. The number of aryl methyl sites for hydroxylation is 1. The molecule has 116 valence electrons. The molecule has 0 saturated carbocycles. The zero-order valence-electron chi connectivity index (χ0n) is 12.3. The van der Waals surface area contributed by atoms with Crippen LogP contribution in [0.4, 0.5) is 5.95 Å². The lowest BCUT2D eigenvalue weighted by molar-refractivity contribution is 0.0913. The molecule has 3 heterocycles. The van der Waals surface area contributed by atoms with Crippen LogP contribution in [0, 0.1) is 5.92 Å². The molecule has 1 amide bonds. The second-order valence-corrected chi connectivity index (χ2v) is 5.37. The standard InChI is InChI=1S/C14H18N6O2/c1-19-9-15-5-12(19)13(22)18-11-7-20(6-10(11)8-21)14-16-3-2-4-17-14/h2-5,9-11,21H,6-8H2,1H3,(H,18,22)/t10-,11+/m0/s1. The fraction of sp³-hybridized carbons (Fsp3) is 0.429. The van der Waals surface area contributed by atoms with E-state index >= 15 is 0 Å². The minimum Gasteiger partial charge on any atom is -0.396 e. The molecule has 0 unspecified atom stereocenters. The van der Waals surface area contributed by atoms with Gasteiger partial charge in [-0.3, -0.25) is 4.79 Å². The number of carbonyl (C=O) groups is 1. The lowest BCUT2D eigenvalue weighted by Crippen LogP contribution is -2.42. The van der Waals surface area contributed by atoms with Gasteiger partial charge >= 0.3 is 0 Å². The van der Waals surface area contributed by atoms with Gasteiger partial charge in [-0.2, -0.15) is 0 Å². The number of rotatable bonds is 4. The smallest absolute Gasteiger partial charge is 0.269 e. The molecular formula is C14H18N6O2. The Morgan fingerprint density at radius 1 is 1.41 bits per heavy atom. The molecule has 1 fully saturated rings. The van der Waals surface area contributed by atoms with E-state index in [4.69, 9.17) is 0 Å². The van der Waals surface area contributed by atoms with Crippen molar-refractivity contribution in [2.45, 2.75) is 6.04 Å². The van der Waals surface area contributed by atoms with Crippen LogP contribution in [0.5, 0.6) is 0 Å². The topological polar surface area (TPSA) is 96.2 Å². The SMILES string of the molecule is Cn1cncc1C(=O)N[C@@H]1CN(c2ncccn2)C[C@H]1CO. The Hall–Kier alpha value is -2.48. The number of anilines is 1. The Kier molecular flexibility index (Phi) is 4.01. The van der Waals surface area contributed by atoms with Gasteiger partial charge < -0.3 is 19.9 Å². The third-order valence-electron chi connectivity index (χ3n) is 3.88. The Morgan fingerprint density at radius 3 is 2.82 bits per heavy atom. The number of aliphatic hydroxyl groups is 1. The summed E-state index contributed by atoms with van der Waals surface area (Å²) in [5.74, 6) is 0.360. The van der Waals surface area contributed by atoms with Crippen molar-refractivity contribution < 1.29 is 9.90 Å². The molecule has 0 spiro atoms. The largest absolute Gasteiger partial charge is 0.396 e. The maximum absolute atomic E-state index is 12.3. The summed E-state index contributed by atoms with van der Waals surface area (Å²) in [4.78, 5) is 26.6. The van der Waals surface area contributed by atoms with Gasteiger partial charge in [-0.15, -0.1) is 0 Å². The quantitative estimate of drug-likeness (QED) is 0.786. The van der Waals surface area contributed by atoms with Crippen molar-refractivity contribution in [3.63, 3.8) is 0 Å². The first-order chi connectivity index (χ1) is 10.7. The van der Waals surface area contributed by atoms with Crippen molar-refractivity contribution >= 4 is 11.9 Å². The number of carbonyl (C=O) groups excluding carboxylic acids is 1. The van der Waals surface area contributed by atoms with Crippen LogP contribution in [-0.4, -0.2) is 56.3 Å². The van der Waals surface area contributed by atoms with Crippen molar-refractivity contribution in [2.75, 3.05) is 24.6 Å². The number of hydrogen-bond acceptors (Lipinski definition) is 6. The average Bonchev–Trinajstić information content (AvgIpc) is 3.14. The molecule has 2 aromatic heterocycles. The number of nitrogens with zero attached hydrogens (tertiary/aromatic N) is 5. The highest BCUT2D eigenvalue weighted by Gasteiger charge is 2.35. The van der Waals surface area contributed by atoms with Crippen LogP contribution in [0.15, 0.2) is 31.0 Å². The highest BCUT2D eigenvalue weighted by molar-refractivity contribution is 5.92. The molecule has 1 aliphatic rings. The Labute approximate surface area is 127 Å². The lowest BCUT2D eigenvalue weighted by Gasteiger charge is -2.17. The Morgan fingerprint density at radius 2 is 2.18 bits per heavy atom. The highest BCUT2D eigenvalue weighted by Crippen LogP contribution is 2.20. The first kappa shape index (κ1) is 14.5. The molecule has 3 rings (SSSR count). The van der Waals surface area contributed by atoms with Gasteiger partial charge in [0.2, 0.25) is 5.95 Å².